The lowest BCUT2D eigenvalue weighted by Gasteiger charge is -2.19. The van der Waals surface area contributed by atoms with Crippen LogP contribution in [-0.2, 0) is 4.79 Å². The molecule has 1 aromatic rings. The van der Waals surface area contributed by atoms with Crippen LogP contribution >= 0.6 is 11.3 Å². The number of hydrogen-bond donors (Lipinski definition) is 3. The van der Waals surface area contributed by atoms with Crippen LogP contribution in [0, 0.1) is 12.8 Å². The number of carbonyl (C=O) groups excluding carboxylic acids is 1. The SMILES string of the molecule is Cc1cnc(C(C)NC(=O)NC(C)C(C)C(=O)O)s1. The molecule has 0 aliphatic rings. The number of aromatic nitrogens is 1. The number of amides is 2. The van der Waals surface area contributed by atoms with Crippen molar-refractivity contribution in [2.75, 3.05) is 0 Å². The molecule has 0 saturated carbocycles. The molecule has 106 valence electrons. The van der Waals surface area contributed by atoms with Gasteiger partial charge in [0.05, 0.1) is 12.0 Å². The van der Waals surface area contributed by atoms with Gasteiger partial charge in [0.1, 0.15) is 5.01 Å². The molecular formula is C12H19N3O3S. The Bertz CT molecular complexity index is 461. The molecule has 0 aliphatic heterocycles. The van der Waals surface area contributed by atoms with Crippen LogP contribution in [-0.4, -0.2) is 28.1 Å². The van der Waals surface area contributed by atoms with Crippen molar-refractivity contribution in [3.8, 4) is 0 Å². The summed E-state index contributed by atoms with van der Waals surface area (Å²) in [6.07, 6.45) is 1.76. The molecule has 2 amide bonds. The van der Waals surface area contributed by atoms with Gasteiger partial charge < -0.3 is 15.7 Å². The maximum Gasteiger partial charge on any atom is 0.315 e. The topological polar surface area (TPSA) is 91.3 Å². The molecule has 0 aliphatic carbocycles. The summed E-state index contributed by atoms with van der Waals surface area (Å²) in [5, 5.41) is 15.0. The van der Waals surface area contributed by atoms with E-state index in [2.05, 4.69) is 15.6 Å². The number of urea groups is 1. The first-order chi connectivity index (χ1) is 8.81. The Morgan fingerprint density at radius 3 is 2.42 bits per heavy atom. The maximum atomic E-state index is 11.7. The fraction of sp³-hybridized carbons (Fsp3) is 0.583. The van der Waals surface area contributed by atoms with Gasteiger partial charge in [-0.15, -0.1) is 11.3 Å². The van der Waals surface area contributed by atoms with E-state index in [9.17, 15) is 9.59 Å². The first-order valence-corrected chi connectivity index (χ1v) is 6.85. The number of carboxylic acid groups (broad SMARTS) is 1. The van der Waals surface area contributed by atoms with Gasteiger partial charge in [0.25, 0.3) is 0 Å². The lowest BCUT2D eigenvalue weighted by atomic mass is 10.0. The Morgan fingerprint density at radius 2 is 1.95 bits per heavy atom. The Labute approximate surface area is 116 Å². The zero-order chi connectivity index (χ0) is 14.6. The van der Waals surface area contributed by atoms with Crippen LogP contribution in [0.15, 0.2) is 6.20 Å². The fourth-order valence-corrected chi connectivity index (χ4v) is 2.19. The van der Waals surface area contributed by atoms with E-state index in [1.54, 1.807) is 20.0 Å². The maximum absolute atomic E-state index is 11.7. The summed E-state index contributed by atoms with van der Waals surface area (Å²) in [5.41, 5.74) is 0. The summed E-state index contributed by atoms with van der Waals surface area (Å²) in [4.78, 5) is 27.8. The van der Waals surface area contributed by atoms with Gasteiger partial charge in [-0.05, 0) is 27.7 Å². The highest BCUT2D eigenvalue weighted by atomic mass is 32.1. The van der Waals surface area contributed by atoms with Crippen LogP contribution in [0.2, 0.25) is 0 Å². The van der Waals surface area contributed by atoms with Crippen LogP contribution in [0.4, 0.5) is 4.79 Å². The minimum atomic E-state index is -0.934. The van der Waals surface area contributed by atoms with E-state index in [1.165, 1.54) is 11.3 Å². The molecular weight excluding hydrogens is 266 g/mol. The summed E-state index contributed by atoms with van der Waals surface area (Å²) in [5.74, 6) is -1.57. The van der Waals surface area contributed by atoms with Crippen LogP contribution < -0.4 is 10.6 Å². The average Bonchev–Trinajstić information content (AvgIpc) is 2.74. The second-order valence-corrected chi connectivity index (χ2v) is 5.83. The molecule has 1 aromatic heterocycles. The molecule has 0 bridgehead atoms. The van der Waals surface area contributed by atoms with E-state index in [1.807, 2.05) is 13.8 Å². The van der Waals surface area contributed by atoms with Crippen molar-refractivity contribution in [3.63, 3.8) is 0 Å². The second-order valence-electron chi connectivity index (χ2n) is 4.56. The van der Waals surface area contributed by atoms with Gasteiger partial charge in [-0.3, -0.25) is 4.79 Å². The van der Waals surface area contributed by atoms with Crippen molar-refractivity contribution in [2.45, 2.75) is 39.8 Å². The quantitative estimate of drug-likeness (QED) is 0.770. The van der Waals surface area contributed by atoms with Crippen LogP contribution in [0.1, 0.15) is 36.7 Å². The zero-order valence-electron chi connectivity index (χ0n) is 11.4. The largest absolute Gasteiger partial charge is 0.481 e. The number of carboxylic acids is 1. The molecule has 1 rings (SSSR count). The fourth-order valence-electron chi connectivity index (χ4n) is 1.42. The summed E-state index contributed by atoms with van der Waals surface area (Å²) in [6.45, 7) is 7.01. The van der Waals surface area contributed by atoms with Crippen molar-refractivity contribution < 1.29 is 14.7 Å². The number of aliphatic carboxylic acids is 1. The minimum Gasteiger partial charge on any atom is -0.481 e. The number of thiazole rings is 1. The first-order valence-electron chi connectivity index (χ1n) is 6.03. The van der Waals surface area contributed by atoms with Gasteiger partial charge in [0.2, 0.25) is 0 Å². The number of rotatable bonds is 5. The molecule has 0 saturated heterocycles. The number of nitrogens with one attached hydrogen (secondary N) is 2. The van der Waals surface area contributed by atoms with E-state index in [-0.39, 0.29) is 12.1 Å². The van der Waals surface area contributed by atoms with E-state index in [0.717, 1.165) is 9.88 Å². The van der Waals surface area contributed by atoms with E-state index < -0.39 is 17.9 Å². The summed E-state index contributed by atoms with van der Waals surface area (Å²) < 4.78 is 0. The number of hydrogen-bond acceptors (Lipinski definition) is 4. The lowest BCUT2D eigenvalue weighted by molar-refractivity contribution is -0.141. The predicted octanol–water partition coefficient (Wildman–Crippen LogP) is 1.92. The van der Waals surface area contributed by atoms with Gasteiger partial charge in [-0.1, -0.05) is 0 Å². The highest BCUT2D eigenvalue weighted by molar-refractivity contribution is 7.11. The molecule has 19 heavy (non-hydrogen) atoms. The van der Waals surface area contributed by atoms with Crippen LogP contribution in [0.5, 0.6) is 0 Å². The molecule has 7 heteroatoms. The van der Waals surface area contributed by atoms with Crippen molar-refractivity contribution in [3.05, 3.63) is 16.1 Å². The average molecular weight is 285 g/mol. The molecule has 0 fully saturated rings. The van der Waals surface area contributed by atoms with Gasteiger partial charge in [0.15, 0.2) is 0 Å². The summed E-state index contributed by atoms with van der Waals surface area (Å²) in [7, 11) is 0. The number of aryl methyl sites for hydroxylation is 1. The highest BCUT2D eigenvalue weighted by Crippen LogP contribution is 2.18. The summed E-state index contributed by atoms with van der Waals surface area (Å²) >= 11 is 1.52. The first kappa shape index (κ1) is 15.4. The molecule has 0 radical (unpaired) electrons. The molecule has 3 unspecified atom stereocenters. The van der Waals surface area contributed by atoms with Crippen LogP contribution in [0.3, 0.4) is 0 Å². The Hall–Kier alpha value is -1.63. The lowest BCUT2D eigenvalue weighted by Crippen LogP contribution is -2.45. The predicted molar refractivity (Wildman–Crippen MR) is 73.2 cm³/mol. The highest BCUT2D eigenvalue weighted by Gasteiger charge is 2.22. The molecule has 1 heterocycles. The van der Waals surface area contributed by atoms with Gasteiger partial charge in [-0.25, -0.2) is 9.78 Å². The van der Waals surface area contributed by atoms with Crippen LogP contribution in [0.25, 0.3) is 0 Å². The van der Waals surface area contributed by atoms with E-state index >= 15 is 0 Å². The zero-order valence-corrected chi connectivity index (χ0v) is 12.2. The smallest absolute Gasteiger partial charge is 0.315 e. The van der Waals surface area contributed by atoms with Crippen molar-refractivity contribution >= 4 is 23.3 Å². The summed E-state index contributed by atoms with van der Waals surface area (Å²) in [6, 6.07) is -1.03. The van der Waals surface area contributed by atoms with E-state index in [0.29, 0.717) is 0 Å². The molecule has 3 N–H and O–H groups in total. The Morgan fingerprint density at radius 1 is 1.32 bits per heavy atom. The van der Waals surface area contributed by atoms with Gasteiger partial charge >= 0.3 is 12.0 Å². The standard InChI is InChI=1S/C12H19N3O3S/c1-6-5-13-10(19-6)9(4)15-12(18)14-8(3)7(2)11(16)17/h5,7-9H,1-4H3,(H,16,17)(H2,14,15,18). The molecule has 6 nitrogen and oxygen atoms in total. The van der Waals surface area contributed by atoms with E-state index in [4.69, 9.17) is 5.11 Å². The molecule has 3 atom stereocenters. The third-order valence-corrected chi connectivity index (χ3v) is 3.95. The molecule has 0 aromatic carbocycles. The third kappa shape index (κ3) is 4.51. The van der Waals surface area contributed by atoms with Gasteiger partial charge in [-0.2, -0.15) is 0 Å². The normalized spacial score (nSPS) is 15.4. The minimum absolute atomic E-state index is 0.203. The third-order valence-electron chi connectivity index (χ3n) is 2.86. The van der Waals surface area contributed by atoms with Crippen molar-refractivity contribution in [2.24, 2.45) is 5.92 Å². The second kappa shape index (κ2) is 6.51. The van der Waals surface area contributed by atoms with Crippen molar-refractivity contribution in [1.29, 1.82) is 0 Å². The Kier molecular flexibility index (Phi) is 5.29. The number of carbonyl (C=O) groups is 2. The molecule has 0 spiro atoms. The monoisotopic (exact) mass is 285 g/mol. The van der Waals surface area contributed by atoms with Crippen molar-refractivity contribution in [1.82, 2.24) is 15.6 Å². The Balaban J connectivity index is 2.49. The number of nitrogens with zero attached hydrogens (tertiary/aromatic N) is 1. The van der Waals surface area contributed by atoms with Gasteiger partial charge in [0, 0.05) is 17.1 Å².